The number of nitrogens with two attached hydrogens (primary N) is 1. The van der Waals surface area contributed by atoms with Gasteiger partial charge in [0.2, 0.25) is 0 Å². The van der Waals surface area contributed by atoms with E-state index in [0.717, 1.165) is 0 Å². The maximum atomic E-state index is 11.9. The zero-order valence-corrected chi connectivity index (χ0v) is 8.22. The van der Waals surface area contributed by atoms with E-state index in [1.54, 1.807) is 20.8 Å². The van der Waals surface area contributed by atoms with Crippen LogP contribution in [-0.2, 0) is 0 Å². The Balaban J connectivity index is 0. The largest absolute Gasteiger partial charge is 0.403 e. The molecule has 0 rings (SSSR count). The smallest absolute Gasteiger partial charge is 0.320 e. The van der Waals surface area contributed by atoms with Crippen LogP contribution in [0.25, 0.3) is 0 Å². The standard InChI is InChI=1S/C7H14F3N.ClH/c1-6(2,3)4-5(11)7(8,9)10;/h5H,4,11H2,1-3H3;1H. The van der Waals surface area contributed by atoms with Gasteiger partial charge in [0, 0.05) is 0 Å². The third-order valence-electron chi connectivity index (χ3n) is 1.25. The Morgan fingerprint density at radius 3 is 1.58 bits per heavy atom. The summed E-state index contributed by atoms with van der Waals surface area (Å²) < 4.78 is 35.6. The second-order valence-corrected chi connectivity index (χ2v) is 3.91. The molecule has 1 nitrogen and oxygen atoms in total. The molecule has 1 unspecified atom stereocenters. The topological polar surface area (TPSA) is 26.0 Å². The summed E-state index contributed by atoms with van der Waals surface area (Å²) in [6.45, 7) is 5.20. The summed E-state index contributed by atoms with van der Waals surface area (Å²) in [5, 5.41) is 0. The van der Waals surface area contributed by atoms with Gasteiger partial charge in [-0.25, -0.2) is 0 Å². The van der Waals surface area contributed by atoms with Gasteiger partial charge in [-0.05, 0) is 11.8 Å². The van der Waals surface area contributed by atoms with Crippen molar-refractivity contribution in [2.45, 2.75) is 39.4 Å². The minimum Gasteiger partial charge on any atom is -0.320 e. The lowest BCUT2D eigenvalue weighted by Gasteiger charge is -2.24. The van der Waals surface area contributed by atoms with E-state index in [9.17, 15) is 13.2 Å². The highest BCUT2D eigenvalue weighted by Crippen LogP contribution is 2.28. The van der Waals surface area contributed by atoms with Crippen LogP contribution >= 0.6 is 12.4 Å². The van der Waals surface area contributed by atoms with E-state index in [4.69, 9.17) is 5.73 Å². The summed E-state index contributed by atoms with van der Waals surface area (Å²) in [7, 11) is 0. The summed E-state index contributed by atoms with van der Waals surface area (Å²) >= 11 is 0. The zero-order chi connectivity index (χ0) is 9.28. The van der Waals surface area contributed by atoms with E-state index < -0.39 is 12.2 Å². The third-order valence-corrected chi connectivity index (χ3v) is 1.25. The summed E-state index contributed by atoms with van der Waals surface area (Å²) in [4.78, 5) is 0. The number of hydrogen-bond acceptors (Lipinski definition) is 1. The van der Waals surface area contributed by atoms with Gasteiger partial charge in [-0.15, -0.1) is 12.4 Å². The molecule has 0 aromatic rings. The Labute approximate surface area is 76.9 Å². The van der Waals surface area contributed by atoms with E-state index >= 15 is 0 Å². The minimum atomic E-state index is -4.26. The van der Waals surface area contributed by atoms with Gasteiger partial charge in [0.15, 0.2) is 0 Å². The van der Waals surface area contributed by atoms with Crippen molar-refractivity contribution >= 4 is 12.4 Å². The summed E-state index contributed by atoms with van der Waals surface area (Å²) in [6, 6.07) is -1.69. The lowest BCUT2D eigenvalue weighted by Crippen LogP contribution is -2.40. The molecule has 2 N–H and O–H groups in total. The van der Waals surface area contributed by atoms with Crippen LogP contribution in [0.1, 0.15) is 27.2 Å². The molecule has 0 fully saturated rings. The van der Waals surface area contributed by atoms with Crippen LogP contribution in [0.4, 0.5) is 13.2 Å². The summed E-state index contributed by atoms with van der Waals surface area (Å²) in [5.74, 6) is 0. The van der Waals surface area contributed by atoms with Crippen LogP contribution in [0, 0.1) is 5.41 Å². The van der Waals surface area contributed by atoms with Crippen LogP contribution in [0.15, 0.2) is 0 Å². The number of rotatable bonds is 1. The van der Waals surface area contributed by atoms with E-state index in [-0.39, 0.29) is 24.2 Å². The minimum absolute atomic E-state index is 0. The number of alkyl halides is 3. The highest BCUT2D eigenvalue weighted by Gasteiger charge is 2.38. The Morgan fingerprint density at radius 2 is 1.50 bits per heavy atom. The van der Waals surface area contributed by atoms with Gasteiger partial charge in [0.1, 0.15) is 6.04 Å². The predicted molar refractivity (Wildman–Crippen MR) is 45.4 cm³/mol. The fraction of sp³-hybridized carbons (Fsp3) is 1.00. The van der Waals surface area contributed by atoms with E-state index in [2.05, 4.69) is 0 Å². The molecule has 0 aromatic carbocycles. The van der Waals surface area contributed by atoms with Crippen molar-refractivity contribution in [2.75, 3.05) is 0 Å². The molecule has 0 saturated heterocycles. The van der Waals surface area contributed by atoms with E-state index in [0.29, 0.717) is 0 Å². The zero-order valence-electron chi connectivity index (χ0n) is 7.40. The van der Waals surface area contributed by atoms with Crippen molar-refractivity contribution in [3.63, 3.8) is 0 Å². The SMILES string of the molecule is CC(C)(C)CC(N)C(F)(F)F.Cl. The number of hydrogen-bond donors (Lipinski definition) is 1. The van der Waals surface area contributed by atoms with Crippen LogP contribution in [-0.4, -0.2) is 12.2 Å². The van der Waals surface area contributed by atoms with Gasteiger partial charge < -0.3 is 5.73 Å². The molecule has 0 radical (unpaired) electrons. The molecular weight excluding hydrogens is 191 g/mol. The quantitative estimate of drug-likeness (QED) is 0.700. The molecular formula is C7H15ClF3N. The lowest BCUT2D eigenvalue weighted by atomic mass is 9.88. The molecule has 0 aliphatic heterocycles. The molecule has 0 aromatic heterocycles. The first-order valence-corrected chi connectivity index (χ1v) is 3.45. The van der Waals surface area contributed by atoms with Crippen molar-refractivity contribution in [1.29, 1.82) is 0 Å². The molecule has 5 heteroatoms. The monoisotopic (exact) mass is 205 g/mol. The van der Waals surface area contributed by atoms with Crippen LogP contribution in [0.5, 0.6) is 0 Å². The maximum absolute atomic E-state index is 11.9. The molecule has 12 heavy (non-hydrogen) atoms. The van der Waals surface area contributed by atoms with Gasteiger partial charge in [0.05, 0.1) is 0 Å². The molecule has 0 amide bonds. The van der Waals surface area contributed by atoms with Gasteiger partial charge in [0.25, 0.3) is 0 Å². The van der Waals surface area contributed by atoms with E-state index in [1.807, 2.05) is 0 Å². The van der Waals surface area contributed by atoms with Gasteiger partial charge in [-0.3, -0.25) is 0 Å². The Morgan fingerprint density at radius 1 is 1.17 bits per heavy atom. The Bertz CT molecular complexity index is 128. The summed E-state index contributed by atoms with van der Waals surface area (Å²) in [5.41, 5.74) is 4.55. The molecule has 0 spiro atoms. The first kappa shape index (κ1) is 14.6. The first-order valence-electron chi connectivity index (χ1n) is 3.45. The molecule has 76 valence electrons. The predicted octanol–water partition coefficient (Wildman–Crippen LogP) is 2.73. The van der Waals surface area contributed by atoms with Gasteiger partial charge in [-0.1, -0.05) is 20.8 Å². The molecule has 0 saturated carbocycles. The Hall–Kier alpha value is 0.0400. The van der Waals surface area contributed by atoms with Crippen molar-refractivity contribution in [1.82, 2.24) is 0 Å². The summed E-state index contributed by atoms with van der Waals surface area (Å²) in [6.07, 6.45) is -4.29. The van der Waals surface area contributed by atoms with Crippen molar-refractivity contribution < 1.29 is 13.2 Å². The third kappa shape index (κ3) is 6.73. The average molecular weight is 206 g/mol. The van der Waals surface area contributed by atoms with Crippen LogP contribution < -0.4 is 5.73 Å². The average Bonchev–Trinajstić information content (AvgIpc) is 1.56. The fourth-order valence-electron chi connectivity index (χ4n) is 0.775. The molecule has 0 heterocycles. The van der Waals surface area contributed by atoms with Crippen molar-refractivity contribution in [3.05, 3.63) is 0 Å². The fourth-order valence-corrected chi connectivity index (χ4v) is 0.775. The number of halogens is 4. The van der Waals surface area contributed by atoms with Crippen molar-refractivity contribution in [2.24, 2.45) is 11.1 Å². The highest BCUT2D eigenvalue weighted by atomic mass is 35.5. The second kappa shape index (κ2) is 4.33. The molecule has 0 bridgehead atoms. The molecule has 1 atom stereocenters. The van der Waals surface area contributed by atoms with Crippen LogP contribution in [0.2, 0.25) is 0 Å². The molecule has 0 aliphatic carbocycles. The van der Waals surface area contributed by atoms with Gasteiger partial charge >= 0.3 is 6.18 Å². The van der Waals surface area contributed by atoms with Crippen LogP contribution in [0.3, 0.4) is 0 Å². The normalized spacial score (nSPS) is 15.2. The van der Waals surface area contributed by atoms with Crippen molar-refractivity contribution in [3.8, 4) is 0 Å². The molecule has 0 aliphatic rings. The first-order chi connectivity index (χ1) is 4.63. The Kier molecular flexibility index (Phi) is 5.25. The van der Waals surface area contributed by atoms with E-state index in [1.165, 1.54) is 0 Å². The van der Waals surface area contributed by atoms with Gasteiger partial charge in [-0.2, -0.15) is 13.2 Å². The highest BCUT2D eigenvalue weighted by molar-refractivity contribution is 5.85. The second-order valence-electron chi connectivity index (χ2n) is 3.91. The maximum Gasteiger partial charge on any atom is 0.403 e. The lowest BCUT2D eigenvalue weighted by molar-refractivity contribution is -0.153.